The highest BCUT2D eigenvalue weighted by Crippen LogP contribution is 2.39. The van der Waals surface area contributed by atoms with Crippen LogP contribution in [0, 0.1) is 20.2 Å². The number of nitrogens with zero attached hydrogens (tertiary/aromatic N) is 2. The molecule has 1 N–H and O–H groups in total. The lowest BCUT2D eigenvalue weighted by Gasteiger charge is -1.97. The zero-order chi connectivity index (χ0) is 13.9. The average Bonchev–Trinajstić information content (AvgIpc) is 2.64. The van der Waals surface area contributed by atoms with E-state index >= 15 is 0 Å². The summed E-state index contributed by atoms with van der Waals surface area (Å²) >= 11 is 0. The van der Waals surface area contributed by atoms with Crippen molar-refractivity contribution in [3.05, 3.63) is 26.0 Å². The first-order valence-electron chi connectivity index (χ1n) is 4.52. The van der Waals surface area contributed by atoms with Gasteiger partial charge in [-0.2, -0.15) is 0 Å². The minimum absolute atomic E-state index is 0.00984. The van der Waals surface area contributed by atoms with Crippen LogP contribution in [0.4, 0.5) is 17.3 Å². The standard InChI is InChI=1S/C8H7N3O7/c1-4(13)2-9-8-7(11(16)17)6(10(14)15)5(3-12)18-8/h3,9H,2H2,1H3. The van der Waals surface area contributed by atoms with Crippen LogP contribution in [0.15, 0.2) is 4.42 Å². The predicted octanol–water partition coefficient (Wildman–Crippen LogP) is 0.909. The summed E-state index contributed by atoms with van der Waals surface area (Å²) in [6, 6.07) is 0. The summed E-state index contributed by atoms with van der Waals surface area (Å²) in [5.74, 6) is -1.74. The Hall–Kier alpha value is -2.78. The van der Waals surface area contributed by atoms with Gasteiger partial charge in [-0.05, 0) is 6.92 Å². The van der Waals surface area contributed by atoms with Crippen LogP contribution in [-0.4, -0.2) is 28.5 Å². The maximum atomic E-state index is 10.7. The Balaban J connectivity index is 3.33. The third kappa shape index (κ3) is 2.48. The van der Waals surface area contributed by atoms with Gasteiger partial charge in [0.05, 0.1) is 16.4 Å². The molecule has 0 aliphatic heterocycles. The second-order valence-corrected chi connectivity index (χ2v) is 3.18. The summed E-state index contributed by atoms with van der Waals surface area (Å²) in [6.07, 6.45) is -0.00984. The SMILES string of the molecule is CC(=O)CNc1oc(C=O)c([N+](=O)[O-])c1[N+](=O)[O-]. The molecule has 0 atom stereocenters. The van der Waals surface area contributed by atoms with Crippen molar-refractivity contribution in [3.63, 3.8) is 0 Å². The quantitative estimate of drug-likeness (QED) is 0.449. The molecular weight excluding hydrogens is 250 g/mol. The van der Waals surface area contributed by atoms with Crippen LogP contribution in [-0.2, 0) is 4.79 Å². The maximum absolute atomic E-state index is 10.7. The molecule has 1 heterocycles. The number of carbonyl (C=O) groups excluding carboxylic acids is 2. The summed E-state index contributed by atoms with van der Waals surface area (Å²) in [5.41, 5.74) is -2.02. The number of anilines is 1. The van der Waals surface area contributed by atoms with Crippen LogP contribution >= 0.6 is 0 Å². The van der Waals surface area contributed by atoms with Crippen molar-refractivity contribution in [3.8, 4) is 0 Å². The number of furan rings is 1. The van der Waals surface area contributed by atoms with Gasteiger partial charge in [0.25, 0.3) is 11.6 Å². The molecule has 1 aromatic rings. The topological polar surface area (TPSA) is 146 Å². The Bertz CT molecular complexity index is 533. The van der Waals surface area contributed by atoms with Gasteiger partial charge in [0.15, 0.2) is 6.29 Å². The molecule has 18 heavy (non-hydrogen) atoms. The Morgan fingerprint density at radius 2 is 1.89 bits per heavy atom. The Morgan fingerprint density at radius 1 is 1.33 bits per heavy atom. The van der Waals surface area contributed by atoms with Crippen molar-refractivity contribution in [1.82, 2.24) is 0 Å². The smallest absolute Gasteiger partial charge is 0.409 e. The van der Waals surface area contributed by atoms with Crippen LogP contribution in [0.1, 0.15) is 17.5 Å². The molecule has 0 unspecified atom stereocenters. The molecular formula is C8H7N3O7. The Morgan fingerprint density at radius 3 is 2.28 bits per heavy atom. The van der Waals surface area contributed by atoms with Crippen molar-refractivity contribution in [2.45, 2.75) is 6.92 Å². The summed E-state index contributed by atoms with van der Waals surface area (Å²) in [4.78, 5) is 40.5. The molecule has 1 rings (SSSR count). The first kappa shape index (κ1) is 13.3. The van der Waals surface area contributed by atoms with E-state index in [9.17, 15) is 29.8 Å². The van der Waals surface area contributed by atoms with Gasteiger partial charge in [-0.15, -0.1) is 0 Å². The third-order valence-electron chi connectivity index (χ3n) is 1.85. The number of ketones is 1. The molecule has 0 fully saturated rings. The second kappa shape index (κ2) is 5.03. The van der Waals surface area contributed by atoms with E-state index in [2.05, 4.69) is 9.73 Å². The van der Waals surface area contributed by atoms with E-state index in [1.54, 1.807) is 0 Å². The number of aldehydes is 1. The van der Waals surface area contributed by atoms with Gasteiger partial charge in [-0.3, -0.25) is 29.8 Å². The lowest BCUT2D eigenvalue weighted by molar-refractivity contribution is -0.421. The zero-order valence-electron chi connectivity index (χ0n) is 9.04. The average molecular weight is 257 g/mol. The molecule has 0 bridgehead atoms. The van der Waals surface area contributed by atoms with Gasteiger partial charge in [-0.1, -0.05) is 0 Å². The molecule has 0 aliphatic carbocycles. The van der Waals surface area contributed by atoms with Crippen LogP contribution in [0.25, 0.3) is 0 Å². The molecule has 0 aromatic carbocycles. The van der Waals surface area contributed by atoms with Crippen molar-refractivity contribution in [2.75, 3.05) is 11.9 Å². The first-order chi connectivity index (χ1) is 8.38. The van der Waals surface area contributed by atoms with E-state index in [-0.39, 0.29) is 18.6 Å². The summed E-state index contributed by atoms with van der Waals surface area (Å²) in [5, 5.41) is 23.6. The molecule has 96 valence electrons. The molecule has 0 amide bonds. The van der Waals surface area contributed by atoms with Crippen molar-refractivity contribution in [1.29, 1.82) is 0 Å². The predicted molar refractivity (Wildman–Crippen MR) is 56.6 cm³/mol. The van der Waals surface area contributed by atoms with E-state index in [1.807, 2.05) is 0 Å². The van der Waals surface area contributed by atoms with Crippen molar-refractivity contribution >= 4 is 29.3 Å². The van der Waals surface area contributed by atoms with E-state index in [4.69, 9.17) is 0 Å². The van der Waals surface area contributed by atoms with Gasteiger partial charge in [0, 0.05) is 0 Å². The number of hydrogen-bond acceptors (Lipinski definition) is 8. The highest BCUT2D eigenvalue weighted by molar-refractivity contribution is 5.87. The van der Waals surface area contributed by atoms with E-state index < -0.39 is 32.9 Å². The lowest BCUT2D eigenvalue weighted by atomic mass is 10.3. The van der Waals surface area contributed by atoms with Gasteiger partial charge < -0.3 is 9.73 Å². The van der Waals surface area contributed by atoms with Crippen molar-refractivity contribution < 1.29 is 23.9 Å². The minimum atomic E-state index is -1.09. The van der Waals surface area contributed by atoms with Crippen LogP contribution in [0.5, 0.6) is 0 Å². The molecule has 0 radical (unpaired) electrons. The largest absolute Gasteiger partial charge is 0.424 e. The normalized spacial score (nSPS) is 9.83. The molecule has 1 aromatic heterocycles. The Kier molecular flexibility index (Phi) is 3.72. The van der Waals surface area contributed by atoms with E-state index in [0.717, 1.165) is 0 Å². The van der Waals surface area contributed by atoms with Crippen LogP contribution < -0.4 is 5.32 Å². The van der Waals surface area contributed by atoms with Gasteiger partial charge in [-0.25, -0.2) is 0 Å². The lowest BCUT2D eigenvalue weighted by Crippen LogP contribution is -2.10. The van der Waals surface area contributed by atoms with Crippen LogP contribution in [0.2, 0.25) is 0 Å². The minimum Gasteiger partial charge on any atom is -0.424 e. The number of carbonyl (C=O) groups is 2. The summed E-state index contributed by atoms with van der Waals surface area (Å²) in [7, 11) is 0. The van der Waals surface area contributed by atoms with Gasteiger partial charge in [0.1, 0.15) is 5.78 Å². The number of hydrogen-bond donors (Lipinski definition) is 1. The first-order valence-corrected chi connectivity index (χ1v) is 4.52. The molecule has 0 aliphatic rings. The second-order valence-electron chi connectivity index (χ2n) is 3.18. The molecule has 0 saturated carbocycles. The van der Waals surface area contributed by atoms with Gasteiger partial charge >= 0.3 is 11.4 Å². The maximum Gasteiger partial charge on any atom is 0.409 e. The Labute approximate surface area is 98.9 Å². The van der Waals surface area contributed by atoms with E-state index in [0.29, 0.717) is 0 Å². The van der Waals surface area contributed by atoms with Gasteiger partial charge in [0.2, 0.25) is 0 Å². The van der Waals surface area contributed by atoms with Crippen molar-refractivity contribution in [2.24, 2.45) is 0 Å². The number of Topliss-reactive ketones (excluding diaryl/α,β-unsaturated/α-hetero) is 1. The van der Waals surface area contributed by atoms with Crippen LogP contribution in [0.3, 0.4) is 0 Å². The highest BCUT2D eigenvalue weighted by Gasteiger charge is 2.38. The number of rotatable bonds is 6. The summed E-state index contributed by atoms with van der Waals surface area (Å²) < 4.78 is 4.65. The fourth-order valence-electron chi connectivity index (χ4n) is 1.18. The fraction of sp³-hybridized carbons (Fsp3) is 0.250. The molecule has 10 heteroatoms. The molecule has 0 spiro atoms. The highest BCUT2D eigenvalue weighted by atomic mass is 16.6. The molecule has 10 nitrogen and oxygen atoms in total. The third-order valence-corrected chi connectivity index (χ3v) is 1.85. The number of nitrogens with one attached hydrogen (secondary N) is 1. The zero-order valence-corrected chi connectivity index (χ0v) is 9.04. The summed E-state index contributed by atoms with van der Waals surface area (Å²) in [6.45, 7) is 0.890. The monoisotopic (exact) mass is 257 g/mol. The number of nitro groups is 2. The van der Waals surface area contributed by atoms with E-state index in [1.165, 1.54) is 6.92 Å². The fourth-order valence-corrected chi connectivity index (χ4v) is 1.18. The molecule has 0 saturated heterocycles.